The first-order valence-corrected chi connectivity index (χ1v) is 6.64. The van der Waals surface area contributed by atoms with Crippen molar-refractivity contribution in [2.24, 2.45) is 7.05 Å². The van der Waals surface area contributed by atoms with Gasteiger partial charge in [-0.15, -0.1) is 0 Å². The van der Waals surface area contributed by atoms with E-state index in [0.717, 1.165) is 19.5 Å². The fourth-order valence-corrected chi connectivity index (χ4v) is 2.34. The maximum absolute atomic E-state index is 10.4. The van der Waals surface area contributed by atoms with Crippen LogP contribution >= 0.6 is 0 Å². The molecule has 0 radical (unpaired) electrons. The maximum atomic E-state index is 10.4. The van der Waals surface area contributed by atoms with Gasteiger partial charge in [-0.25, -0.2) is 0 Å². The van der Waals surface area contributed by atoms with E-state index in [-0.39, 0.29) is 6.42 Å². The Kier molecular flexibility index (Phi) is 4.58. The Labute approximate surface area is 113 Å². The van der Waals surface area contributed by atoms with E-state index in [0.29, 0.717) is 6.42 Å². The zero-order valence-corrected chi connectivity index (χ0v) is 11.2. The summed E-state index contributed by atoms with van der Waals surface area (Å²) in [5.74, 6) is -0.726. The molecule has 102 valence electrons. The van der Waals surface area contributed by atoms with Gasteiger partial charge in [-0.05, 0) is 37.6 Å². The van der Waals surface area contributed by atoms with Gasteiger partial charge in [0.15, 0.2) is 0 Å². The number of rotatable bonds is 7. The molecule has 0 fully saturated rings. The molecular formula is C15H20N2O2. The van der Waals surface area contributed by atoms with E-state index in [2.05, 4.69) is 47.4 Å². The zero-order valence-electron chi connectivity index (χ0n) is 11.2. The third-order valence-electron chi connectivity index (χ3n) is 3.29. The predicted octanol–water partition coefficient (Wildman–Crippen LogP) is 2.18. The van der Waals surface area contributed by atoms with Crippen LogP contribution in [0.15, 0.2) is 30.5 Å². The Hall–Kier alpha value is -1.81. The second-order valence-electron chi connectivity index (χ2n) is 4.78. The van der Waals surface area contributed by atoms with Gasteiger partial charge in [0.1, 0.15) is 0 Å². The van der Waals surface area contributed by atoms with Crippen LogP contribution in [0.5, 0.6) is 0 Å². The van der Waals surface area contributed by atoms with Gasteiger partial charge in [0, 0.05) is 30.6 Å². The summed E-state index contributed by atoms with van der Waals surface area (Å²) in [6, 6.07) is 8.39. The number of para-hydroxylation sites is 1. The largest absolute Gasteiger partial charge is 0.481 e. The first kappa shape index (κ1) is 13.6. The molecule has 1 aromatic heterocycles. The molecule has 0 amide bonds. The lowest BCUT2D eigenvalue weighted by Crippen LogP contribution is -2.19. The Morgan fingerprint density at radius 2 is 2.11 bits per heavy atom. The number of hydrogen-bond acceptors (Lipinski definition) is 2. The normalized spacial score (nSPS) is 11.0. The van der Waals surface area contributed by atoms with E-state index in [1.807, 2.05) is 0 Å². The van der Waals surface area contributed by atoms with Crippen LogP contribution in [-0.4, -0.2) is 28.7 Å². The van der Waals surface area contributed by atoms with Crippen molar-refractivity contribution in [1.29, 1.82) is 0 Å². The Morgan fingerprint density at radius 3 is 2.89 bits per heavy atom. The average molecular weight is 260 g/mol. The van der Waals surface area contributed by atoms with Crippen molar-refractivity contribution in [2.75, 3.05) is 13.1 Å². The Bertz CT molecular complexity index is 560. The molecule has 1 aromatic carbocycles. The number of carboxylic acid groups (broad SMARTS) is 1. The summed E-state index contributed by atoms with van der Waals surface area (Å²) in [7, 11) is 2.06. The van der Waals surface area contributed by atoms with Gasteiger partial charge in [-0.2, -0.15) is 0 Å². The predicted molar refractivity (Wildman–Crippen MR) is 76.4 cm³/mol. The average Bonchev–Trinajstić information content (AvgIpc) is 2.71. The van der Waals surface area contributed by atoms with E-state index in [9.17, 15) is 4.79 Å². The molecule has 2 rings (SSSR count). The van der Waals surface area contributed by atoms with Crippen LogP contribution in [0.3, 0.4) is 0 Å². The molecule has 0 aliphatic heterocycles. The number of fused-ring (bicyclic) bond motifs is 1. The highest BCUT2D eigenvalue weighted by Gasteiger charge is 2.05. The van der Waals surface area contributed by atoms with Crippen LogP contribution in [0.25, 0.3) is 10.9 Å². The molecule has 4 nitrogen and oxygen atoms in total. The number of hydrogen-bond donors (Lipinski definition) is 2. The van der Waals surface area contributed by atoms with E-state index < -0.39 is 5.97 Å². The molecule has 1 heterocycles. The van der Waals surface area contributed by atoms with Crippen molar-refractivity contribution < 1.29 is 9.90 Å². The SMILES string of the molecule is Cn1cc(CCNCCCC(=O)O)c2ccccc21. The Morgan fingerprint density at radius 1 is 1.32 bits per heavy atom. The summed E-state index contributed by atoms with van der Waals surface area (Å²) in [4.78, 5) is 10.4. The lowest BCUT2D eigenvalue weighted by atomic mass is 10.1. The van der Waals surface area contributed by atoms with Crippen molar-refractivity contribution in [2.45, 2.75) is 19.3 Å². The molecule has 0 spiro atoms. The molecule has 0 bridgehead atoms. The van der Waals surface area contributed by atoms with Crippen molar-refractivity contribution in [3.63, 3.8) is 0 Å². The summed E-state index contributed by atoms with van der Waals surface area (Å²) in [5.41, 5.74) is 2.59. The van der Waals surface area contributed by atoms with Gasteiger partial charge >= 0.3 is 5.97 Å². The fraction of sp³-hybridized carbons (Fsp3) is 0.400. The highest BCUT2D eigenvalue weighted by Crippen LogP contribution is 2.20. The fourth-order valence-electron chi connectivity index (χ4n) is 2.34. The third-order valence-corrected chi connectivity index (χ3v) is 3.29. The van der Waals surface area contributed by atoms with Gasteiger partial charge in [0.05, 0.1) is 0 Å². The topological polar surface area (TPSA) is 54.3 Å². The van der Waals surface area contributed by atoms with Crippen LogP contribution in [-0.2, 0) is 18.3 Å². The van der Waals surface area contributed by atoms with Crippen LogP contribution < -0.4 is 5.32 Å². The Balaban J connectivity index is 1.83. The monoisotopic (exact) mass is 260 g/mol. The smallest absolute Gasteiger partial charge is 0.303 e. The molecule has 2 aromatic rings. The number of nitrogens with zero attached hydrogens (tertiary/aromatic N) is 1. The van der Waals surface area contributed by atoms with Crippen molar-refractivity contribution in [1.82, 2.24) is 9.88 Å². The third kappa shape index (κ3) is 3.58. The molecule has 2 N–H and O–H groups in total. The van der Waals surface area contributed by atoms with E-state index in [4.69, 9.17) is 5.11 Å². The molecular weight excluding hydrogens is 240 g/mol. The number of aliphatic carboxylic acids is 1. The van der Waals surface area contributed by atoms with Crippen LogP contribution in [0.1, 0.15) is 18.4 Å². The van der Waals surface area contributed by atoms with Gasteiger partial charge in [-0.1, -0.05) is 18.2 Å². The lowest BCUT2D eigenvalue weighted by molar-refractivity contribution is -0.137. The van der Waals surface area contributed by atoms with Gasteiger partial charge < -0.3 is 15.0 Å². The molecule has 0 unspecified atom stereocenters. The maximum Gasteiger partial charge on any atom is 0.303 e. The van der Waals surface area contributed by atoms with Crippen molar-refractivity contribution in [3.05, 3.63) is 36.0 Å². The molecule has 0 aliphatic rings. The minimum atomic E-state index is -0.726. The van der Waals surface area contributed by atoms with Gasteiger partial charge in [0.2, 0.25) is 0 Å². The standard InChI is InChI=1S/C15H20N2O2/c1-17-11-12(13-5-2-3-6-14(13)17)8-10-16-9-4-7-15(18)19/h2-3,5-6,11,16H,4,7-10H2,1H3,(H,18,19). The molecule has 19 heavy (non-hydrogen) atoms. The van der Waals surface area contributed by atoms with Gasteiger partial charge in [-0.3, -0.25) is 4.79 Å². The van der Waals surface area contributed by atoms with Crippen LogP contribution in [0.4, 0.5) is 0 Å². The highest BCUT2D eigenvalue weighted by atomic mass is 16.4. The zero-order chi connectivity index (χ0) is 13.7. The summed E-state index contributed by atoms with van der Waals surface area (Å²) < 4.78 is 2.15. The number of nitrogens with one attached hydrogen (secondary N) is 1. The number of benzene rings is 1. The van der Waals surface area contributed by atoms with Crippen molar-refractivity contribution >= 4 is 16.9 Å². The number of aromatic nitrogens is 1. The molecule has 4 heteroatoms. The van der Waals surface area contributed by atoms with Gasteiger partial charge in [0.25, 0.3) is 0 Å². The summed E-state index contributed by atoms with van der Waals surface area (Å²) in [5, 5.41) is 13.1. The minimum Gasteiger partial charge on any atom is -0.481 e. The summed E-state index contributed by atoms with van der Waals surface area (Å²) in [6.45, 7) is 1.64. The highest BCUT2D eigenvalue weighted by molar-refractivity contribution is 5.83. The summed E-state index contributed by atoms with van der Waals surface area (Å²) in [6.07, 6.45) is 4.06. The quantitative estimate of drug-likeness (QED) is 0.750. The molecule has 0 saturated heterocycles. The van der Waals surface area contributed by atoms with Crippen LogP contribution in [0, 0.1) is 0 Å². The summed E-state index contributed by atoms with van der Waals surface area (Å²) >= 11 is 0. The van der Waals surface area contributed by atoms with E-state index in [1.54, 1.807) is 0 Å². The first-order valence-electron chi connectivity index (χ1n) is 6.64. The number of aryl methyl sites for hydroxylation is 1. The van der Waals surface area contributed by atoms with E-state index >= 15 is 0 Å². The number of carbonyl (C=O) groups is 1. The molecule has 0 atom stereocenters. The number of carboxylic acids is 1. The lowest BCUT2D eigenvalue weighted by Gasteiger charge is -2.03. The second-order valence-corrected chi connectivity index (χ2v) is 4.78. The molecule has 0 aliphatic carbocycles. The first-order chi connectivity index (χ1) is 9.18. The second kappa shape index (κ2) is 6.38. The van der Waals surface area contributed by atoms with Crippen LogP contribution in [0.2, 0.25) is 0 Å². The van der Waals surface area contributed by atoms with Crippen molar-refractivity contribution in [3.8, 4) is 0 Å². The minimum absolute atomic E-state index is 0.237. The molecule has 0 saturated carbocycles. The van der Waals surface area contributed by atoms with E-state index in [1.165, 1.54) is 16.5 Å².